The van der Waals surface area contributed by atoms with Gasteiger partial charge in [-0.1, -0.05) is 59.1 Å². The van der Waals surface area contributed by atoms with Gasteiger partial charge in [0.25, 0.3) is 0 Å². The molecule has 1 aromatic carbocycles. The summed E-state index contributed by atoms with van der Waals surface area (Å²) in [5, 5.41) is 6.82. The van der Waals surface area contributed by atoms with Gasteiger partial charge in [0.1, 0.15) is 12.1 Å². The molecule has 1 saturated heterocycles. The summed E-state index contributed by atoms with van der Waals surface area (Å²) in [4.78, 5) is 45.9. The summed E-state index contributed by atoms with van der Waals surface area (Å²) in [6.45, 7) is 32.4. The van der Waals surface area contributed by atoms with Crippen molar-refractivity contribution in [1.82, 2.24) is 30.1 Å². The molecule has 3 heterocycles. The number of thiazole rings is 1. The zero-order valence-corrected chi connectivity index (χ0v) is 37.5. The van der Waals surface area contributed by atoms with Gasteiger partial charge in [-0.3, -0.25) is 20.9 Å². The molecular weight excluding hydrogens is 743 g/mol. The summed E-state index contributed by atoms with van der Waals surface area (Å²) in [6.07, 6.45) is 10.8. The number of Topliss-reactive ketones (excluding diaryl/α,β-unsaturated/α-hetero) is 1. The van der Waals surface area contributed by atoms with Crippen molar-refractivity contribution in [1.29, 1.82) is 0 Å². The Morgan fingerprint density at radius 3 is 2.41 bits per heavy atom. The molecule has 1 amide bonds. The van der Waals surface area contributed by atoms with Crippen molar-refractivity contribution in [3.63, 3.8) is 0 Å². The first-order valence-electron chi connectivity index (χ1n) is 21.0. The van der Waals surface area contributed by atoms with Crippen LogP contribution in [0.3, 0.4) is 0 Å². The number of benzene rings is 1. The highest BCUT2D eigenvalue weighted by molar-refractivity contribution is 7.10. The minimum atomic E-state index is -0.548. The molecule has 3 aromatic rings. The van der Waals surface area contributed by atoms with Crippen LogP contribution in [0.2, 0.25) is 0 Å². The number of hydrogen-bond acceptors (Lipinski definition) is 9. The smallest absolute Gasteiger partial charge is 0.220 e. The number of ketones is 1. The van der Waals surface area contributed by atoms with Crippen LogP contribution in [0.4, 0.5) is 0 Å². The maximum Gasteiger partial charge on any atom is 0.220 e. The minimum absolute atomic E-state index is 0.0370. The molecule has 0 bridgehead atoms. The maximum atomic E-state index is 13.3. The number of unbranched alkanes of at least 4 members (excludes halogenated alkanes) is 1. The summed E-state index contributed by atoms with van der Waals surface area (Å²) >= 11 is 1.52. The average Bonchev–Trinajstić information content (AvgIpc) is 3.78. The number of aldehydes is 1. The number of nitrogens with two attached hydrogens (primary N) is 1. The number of hydrogen-bond donors (Lipinski definition) is 3. The number of aryl methyl sites for hydroxylation is 1. The molecule has 4 N–H and O–H groups in total. The van der Waals surface area contributed by atoms with Crippen molar-refractivity contribution in [2.24, 2.45) is 23.1 Å². The van der Waals surface area contributed by atoms with E-state index in [4.69, 9.17) is 10.8 Å². The van der Waals surface area contributed by atoms with E-state index in [0.717, 1.165) is 86.7 Å². The van der Waals surface area contributed by atoms with Gasteiger partial charge in [0.05, 0.1) is 16.6 Å². The van der Waals surface area contributed by atoms with E-state index in [1.54, 1.807) is 0 Å². The molecule has 0 aliphatic carbocycles. The third-order valence-corrected chi connectivity index (χ3v) is 12.3. The minimum Gasteiger partial charge on any atom is -0.369 e. The van der Waals surface area contributed by atoms with Crippen LogP contribution in [0, 0.1) is 17.3 Å². The fourth-order valence-electron chi connectivity index (χ4n) is 7.37. The molecule has 4 rings (SSSR count). The quantitative estimate of drug-likeness (QED) is 0.0303. The highest BCUT2D eigenvalue weighted by atomic mass is 32.1. The van der Waals surface area contributed by atoms with E-state index < -0.39 is 5.92 Å². The topological polar surface area (TPSA) is 126 Å². The number of carbonyl (C=O) groups is 3. The van der Waals surface area contributed by atoms with Crippen molar-refractivity contribution < 1.29 is 14.4 Å². The number of nitrogens with one attached hydrogen (secondary N) is 2. The first-order valence-corrected chi connectivity index (χ1v) is 21.9. The van der Waals surface area contributed by atoms with E-state index in [-0.39, 0.29) is 17.1 Å². The van der Waals surface area contributed by atoms with E-state index in [1.165, 1.54) is 46.0 Å². The first-order chi connectivity index (χ1) is 27.6. The Morgan fingerprint density at radius 1 is 1.10 bits per heavy atom. The molecule has 1 aliphatic heterocycles. The highest BCUT2D eigenvalue weighted by Crippen LogP contribution is 2.38. The van der Waals surface area contributed by atoms with Gasteiger partial charge < -0.3 is 24.5 Å². The zero-order chi connectivity index (χ0) is 43.0. The third kappa shape index (κ3) is 14.0. The van der Waals surface area contributed by atoms with E-state index in [2.05, 4.69) is 118 Å². The van der Waals surface area contributed by atoms with Crippen molar-refractivity contribution in [3.05, 3.63) is 82.6 Å². The van der Waals surface area contributed by atoms with Gasteiger partial charge in [-0.25, -0.2) is 4.98 Å². The predicted octanol–water partition coefficient (Wildman–Crippen LogP) is 8.73. The molecule has 1 fully saturated rings. The van der Waals surface area contributed by atoms with E-state index in [0.29, 0.717) is 43.8 Å². The Kier molecular flexibility index (Phi) is 19.5. The van der Waals surface area contributed by atoms with Crippen molar-refractivity contribution in [2.45, 2.75) is 106 Å². The molecule has 2 aromatic heterocycles. The lowest BCUT2D eigenvalue weighted by Crippen LogP contribution is -2.43. The SMILES string of the molecule is C=C(NC(C)=O)C(Cc1nc(-c2ccc3c(c2)c(CC(C)(C)CCC=O)c(/C=C(/C)C(C)CC)n3CC)cs1)C(=O)CCCCNN.C=CC(=C)N1CCN(C)CC1. The summed E-state index contributed by atoms with van der Waals surface area (Å²) in [5.41, 5.74) is 11.0. The number of likely N-dealkylation sites (N-methyl/N-ethyl adjacent to an activating group) is 1. The summed E-state index contributed by atoms with van der Waals surface area (Å²) in [5.74, 6) is 5.11. The first kappa shape index (κ1) is 48.2. The number of aromatic nitrogens is 2. The lowest BCUT2D eigenvalue weighted by atomic mass is 9.80. The normalized spacial score (nSPS) is 14.7. The van der Waals surface area contributed by atoms with Crippen LogP contribution < -0.4 is 16.6 Å². The van der Waals surface area contributed by atoms with Crippen LogP contribution in [-0.2, 0) is 33.8 Å². The van der Waals surface area contributed by atoms with Crippen molar-refractivity contribution in [3.8, 4) is 11.3 Å². The molecule has 1 aliphatic rings. The van der Waals surface area contributed by atoms with Gasteiger partial charge in [0.2, 0.25) is 5.91 Å². The molecule has 2 unspecified atom stereocenters. The van der Waals surface area contributed by atoms with Gasteiger partial charge in [-0.15, -0.1) is 11.3 Å². The second-order valence-electron chi connectivity index (χ2n) is 16.5. The van der Waals surface area contributed by atoms with Gasteiger partial charge in [0.15, 0.2) is 0 Å². The van der Waals surface area contributed by atoms with Crippen LogP contribution >= 0.6 is 11.3 Å². The lowest BCUT2D eigenvalue weighted by Gasteiger charge is -2.34. The van der Waals surface area contributed by atoms with Gasteiger partial charge in [-0.2, -0.15) is 0 Å². The Bertz CT molecular complexity index is 1900. The number of allylic oxidation sites excluding steroid dienone is 3. The fraction of sp³-hybridized carbons (Fsp3) is 0.532. The van der Waals surface area contributed by atoms with E-state index in [9.17, 15) is 14.4 Å². The highest BCUT2D eigenvalue weighted by Gasteiger charge is 2.26. The molecule has 58 heavy (non-hydrogen) atoms. The van der Waals surface area contributed by atoms with E-state index >= 15 is 0 Å². The largest absolute Gasteiger partial charge is 0.369 e. The van der Waals surface area contributed by atoms with E-state index in [1.807, 2.05) is 11.5 Å². The van der Waals surface area contributed by atoms with Crippen molar-refractivity contribution >= 4 is 46.3 Å². The molecule has 0 radical (unpaired) electrons. The van der Waals surface area contributed by atoms with Crippen LogP contribution in [0.5, 0.6) is 0 Å². The van der Waals surface area contributed by atoms with Crippen molar-refractivity contribution in [2.75, 3.05) is 39.8 Å². The Morgan fingerprint density at radius 2 is 1.81 bits per heavy atom. The lowest BCUT2D eigenvalue weighted by molar-refractivity contribution is -0.122. The van der Waals surface area contributed by atoms with Gasteiger partial charge in [0, 0.05) is 104 Å². The summed E-state index contributed by atoms with van der Waals surface area (Å²) in [6, 6.07) is 6.59. The number of piperazine rings is 1. The Hall–Kier alpha value is -4.16. The summed E-state index contributed by atoms with van der Waals surface area (Å²) in [7, 11) is 2.15. The maximum absolute atomic E-state index is 13.3. The number of amides is 1. The molecule has 0 spiro atoms. The average molecular weight is 814 g/mol. The molecule has 318 valence electrons. The number of hydrazine groups is 1. The van der Waals surface area contributed by atoms with Crippen LogP contribution in [-0.4, -0.2) is 77.1 Å². The third-order valence-electron chi connectivity index (χ3n) is 11.4. The van der Waals surface area contributed by atoms with Crippen LogP contribution in [0.25, 0.3) is 28.2 Å². The fourth-order valence-corrected chi connectivity index (χ4v) is 8.22. The number of rotatable bonds is 22. The Labute approximate surface area is 352 Å². The molecular formula is C47H71N7O3S. The monoisotopic (exact) mass is 814 g/mol. The summed E-state index contributed by atoms with van der Waals surface area (Å²) < 4.78 is 2.41. The second-order valence-corrected chi connectivity index (χ2v) is 17.5. The van der Waals surface area contributed by atoms with Gasteiger partial charge >= 0.3 is 0 Å². The zero-order valence-electron chi connectivity index (χ0n) is 36.7. The second kappa shape index (κ2) is 23.4. The number of fused-ring (bicyclic) bond motifs is 1. The molecule has 11 heteroatoms. The predicted molar refractivity (Wildman–Crippen MR) is 244 cm³/mol. The molecule has 0 saturated carbocycles. The van der Waals surface area contributed by atoms with Crippen LogP contribution in [0.1, 0.15) is 103 Å². The van der Waals surface area contributed by atoms with Gasteiger partial charge in [-0.05, 0) is 94.2 Å². The molecule has 10 nitrogen and oxygen atoms in total. The number of carbonyl (C=O) groups excluding carboxylic acids is 3. The molecule has 2 atom stereocenters. The van der Waals surface area contributed by atoms with Crippen LogP contribution in [0.15, 0.2) is 66.4 Å². The number of nitrogens with zero attached hydrogens (tertiary/aromatic N) is 4. The Balaban J connectivity index is 0.000000703. The standard InChI is InChI=1S/C38H55N5O3S.C9H16N2/c1-9-25(3)26(4)20-35-32(23-38(7,8)17-13-19-44)31-21-29(15-16-34(31)43(35)10-2)33-24-47-37(42-33)22-30(27(5)41-28(6)45)36(46)14-11-12-18-40-39;1-4-9(2)11-7-5-10(3)6-8-11/h15-16,19-21,24-25,30,40H,5,9-14,17-18,22-23,39H2,1-4,6-8H3,(H,41,45);4H,1-2,5-8H2,3H3/b26-20-;.